The van der Waals surface area contributed by atoms with E-state index in [-0.39, 0.29) is 33.3 Å². The molecule has 2 N–H and O–H groups in total. The summed E-state index contributed by atoms with van der Waals surface area (Å²) in [5, 5.41) is 14.9. The maximum Gasteiger partial charge on any atom is 0.0428 e. The minimum atomic E-state index is 0. The molecule has 0 rings (SSSR count). The molecular formula is C5H15HfO2-. The van der Waals surface area contributed by atoms with Crippen molar-refractivity contribution in [2.45, 2.75) is 13.3 Å². The molecule has 0 spiro atoms. The molecule has 3 heteroatoms. The summed E-state index contributed by atoms with van der Waals surface area (Å²) in [4.78, 5) is 0. The van der Waals surface area contributed by atoms with Crippen LogP contribution in [0.1, 0.15) is 13.3 Å². The van der Waals surface area contributed by atoms with Gasteiger partial charge in [0, 0.05) is 39.6 Å². The van der Waals surface area contributed by atoms with Gasteiger partial charge < -0.3 is 17.6 Å². The molecule has 0 amide bonds. The summed E-state index contributed by atoms with van der Waals surface area (Å²) in [6.07, 6.45) is 0.875. The van der Waals surface area contributed by atoms with Gasteiger partial charge in [0.15, 0.2) is 0 Å². The van der Waals surface area contributed by atoms with Gasteiger partial charge in [-0.2, -0.15) is 0 Å². The number of aliphatic hydroxyl groups excluding tert-OH is 2. The fourth-order valence-corrected chi connectivity index (χ4v) is 0. The third-order valence-electron chi connectivity index (χ3n) is 0.224. The molecule has 2 nitrogen and oxygen atoms in total. The second-order valence-electron chi connectivity index (χ2n) is 0.724. The zero-order chi connectivity index (χ0) is 5.41. The molecule has 0 aliphatic heterocycles. The predicted molar refractivity (Wildman–Crippen MR) is 31.9 cm³/mol. The van der Waals surface area contributed by atoms with Gasteiger partial charge in [0.05, 0.1) is 0 Å². The third kappa shape index (κ3) is 71.0. The maximum atomic E-state index is 7.88. The molecule has 0 unspecified atom stereocenters. The van der Waals surface area contributed by atoms with Gasteiger partial charge in [-0.3, -0.25) is 0 Å². The standard InChI is InChI=1S/C3H8O.CH4O.CH3.Hf/c1-2-3-4;1-2;;/h4H,2-3H2,1H3;2H,1H3;1H3;/q;;-1;. The van der Waals surface area contributed by atoms with Gasteiger partial charge in [0.25, 0.3) is 0 Å². The van der Waals surface area contributed by atoms with Crippen molar-refractivity contribution in [3.05, 3.63) is 7.43 Å². The van der Waals surface area contributed by atoms with Crippen molar-refractivity contribution in [3.8, 4) is 0 Å². The molecule has 0 saturated carbocycles. The van der Waals surface area contributed by atoms with Gasteiger partial charge in [0.2, 0.25) is 0 Å². The number of hydrogen-bond donors (Lipinski definition) is 2. The fraction of sp³-hybridized carbons (Fsp3) is 0.800. The normalized spacial score (nSPS) is 4.50. The van der Waals surface area contributed by atoms with E-state index in [2.05, 4.69) is 0 Å². The van der Waals surface area contributed by atoms with Gasteiger partial charge in [0.1, 0.15) is 0 Å². The van der Waals surface area contributed by atoms with Crippen LogP contribution in [0.15, 0.2) is 0 Å². The van der Waals surface area contributed by atoms with Crippen molar-refractivity contribution >= 4 is 0 Å². The molecule has 0 fully saturated rings. The molecular weight excluding hydrogens is 271 g/mol. The predicted octanol–water partition coefficient (Wildman–Crippen LogP) is 0.445. The molecule has 52 valence electrons. The third-order valence-corrected chi connectivity index (χ3v) is 0.224. The van der Waals surface area contributed by atoms with Crippen LogP contribution in [0.25, 0.3) is 0 Å². The summed E-state index contributed by atoms with van der Waals surface area (Å²) < 4.78 is 0. The fourth-order valence-electron chi connectivity index (χ4n) is 0. The summed E-state index contributed by atoms with van der Waals surface area (Å²) in [6.45, 7) is 2.25. The van der Waals surface area contributed by atoms with Crippen molar-refractivity contribution in [1.29, 1.82) is 0 Å². The van der Waals surface area contributed by atoms with E-state index < -0.39 is 0 Å². The van der Waals surface area contributed by atoms with E-state index >= 15 is 0 Å². The van der Waals surface area contributed by atoms with Crippen molar-refractivity contribution < 1.29 is 36.1 Å². The van der Waals surface area contributed by atoms with Gasteiger partial charge in [-0.25, -0.2) is 0 Å². The van der Waals surface area contributed by atoms with Crippen LogP contribution in [0.2, 0.25) is 0 Å². The number of aliphatic hydroxyl groups is 2. The average Bonchev–Trinajstić information content (AvgIpc) is 1.72. The first-order valence-electron chi connectivity index (χ1n) is 1.97. The largest absolute Gasteiger partial charge is 0.400 e. The summed E-state index contributed by atoms with van der Waals surface area (Å²) in [7, 11) is 1.00. The van der Waals surface area contributed by atoms with Crippen LogP contribution in [0, 0.1) is 7.43 Å². The SMILES string of the molecule is CCCO.CO.[CH3-].[Hf]. The molecule has 8 heavy (non-hydrogen) atoms. The van der Waals surface area contributed by atoms with E-state index in [1.54, 1.807) is 0 Å². The first-order valence-corrected chi connectivity index (χ1v) is 1.97. The Balaban J connectivity index is -0.0000000183. The monoisotopic (exact) mass is 287 g/mol. The minimum Gasteiger partial charge on any atom is -0.400 e. The average molecular weight is 286 g/mol. The van der Waals surface area contributed by atoms with Crippen molar-refractivity contribution in [1.82, 2.24) is 0 Å². The Kier molecular flexibility index (Phi) is 134. The number of rotatable bonds is 1. The van der Waals surface area contributed by atoms with Crippen LogP contribution in [-0.2, 0) is 25.8 Å². The molecule has 0 heterocycles. The van der Waals surface area contributed by atoms with E-state index in [0.717, 1.165) is 13.5 Å². The molecule has 0 saturated heterocycles. The Morgan fingerprint density at radius 1 is 1.25 bits per heavy atom. The summed E-state index contributed by atoms with van der Waals surface area (Å²) >= 11 is 0. The summed E-state index contributed by atoms with van der Waals surface area (Å²) in [5.74, 6) is 0. The summed E-state index contributed by atoms with van der Waals surface area (Å²) in [5.41, 5.74) is 0. The topological polar surface area (TPSA) is 40.5 Å². The van der Waals surface area contributed by atoms with Gasteiger partial charge in [-0.05, 0) is 6.42 Å². The van der Waals surface area contributed by atoms with Crippen LogP contribution < -0.4 is 0 Å². The van der Waals surface area contributed by atoms with Crippen molar-refractivity contribution in [2.24, 2.45) is 0 Å². The first kappa shape index (κ1) is 23.2. The Labute approximate surface area is 70.7 Å². The van der Waals surface area contributed by atoms with Crippen LogP contribution in [0.5, 0.6) is 0 Å². The maximum absolute atomic E-state index is 7.88. The molecule has 0 aliphatic rings. The molecule has 0 bridgehead atoms. The summed E-state index contributed by atoms with van der Waals surface area (Å²) in [6, 6.07) is 0. The Bertz CT molecular complexity index is 12.4. The quantitative estimate of drug-likeness (QED) is 0.542. The molecule has 0 radical (unpaired) electrons. The molecule has 0 aromatic rings. The van der Waals surface area contributed by atoms with Crippen molar-refractivity contribution in [3.63, 3.8) is 0 Å². The van der Waals surface area contributed by atoms with E-state index in [1.807, 2.05) is 6.92 Å². The van der Waals surface area contributed by atoms with Crippen LogP contribution in [0.3, 0.4) is 0 Å². The van der Waals surface area contributed by atoms with Crippen LogP contribution in [-0.4, -0.2) is 23.9 Å². The van der Waals surface area contributed by atoms with Gasteiger partial charge in [-0.1, -0.05) is 6.92 Å². The molecule has 0 aliphatic carbocycles. The van der Waals surface area contributed by atoms with Gasteiger partial charge in [-0.15, -0.1) is 0 Å². The zero-order valence-corrected chi connectivity index (χ0v) is 9.40. The second kappa shape index (κ2) is 46.1. The minimum absolute atomic E-state index is 0. The Morgan fingerprint density at radius 2 is 1.38 bits per heavy atom. The first-order chi connectivity index (χ1) is 2.91. The van der Waals surface area contributed by atoms with E-state index in [4.69, 9.17) is 10.2 Å². The molecule has 0 aromatic heterocycles. The number of hydrogen-bond acceptors (Lipinski definition) is 2. The van der Waals surface area contributed by atoms with Crippen LogP contribution >= 0.6 is 0 Å². The Hall–Kier alpha value is 0.790. The van der Waals surface area contributed by atoms with E-state index in [9.17, 15) is 0 Å². The Morgan fingerprint density at radius 3 is 1.38 bits per heavy atom. The van der Waals surface area contributed by atoms with Gasteiger partial charge >= 0.3 is 0 Å². The molecule has 0 atom stereocenters. The zero-order valence-electron chi connectivity index (χ0n) is 5.81. The van der Waals surface area contributed by atoms with Crippen molar-refractivity contribution in [2.75, 3.05) is 13.7 Å². The van der Waals surface area contributed by atoms with E-state index in [0.29, 0.717) is 6.61 Å². The molecule has 0 aromatic carbocycles. The van der Waals surface area contributed by atoms with E-state index in [1.165, 1.54) is 0 Å². The smallest absolute Gasteiger partial charge is 0.0428 e. The van der Waals surface area contributed by atoms with Crippen LogP contribution in [0.4, 0.5) is 0 Å². The second-order valence-corrected chi connectivity index (χ2v) is 0.724.